The van der Waals surface area contributed by atoms with Gasteiger partial charge < -0.3 is 14.8 Å². The number of benzene rings is 3. The molecule has 7 rings (SSSR count). The Morgan fingerprint density at radius 3 is 2.71 bits per heavy atom. The Hall–Kier alpha value is -4.01. The highest BCUT2D eigenvalue weighted by Crippen LogP contribution is 2.35. The molecule has 1 unspecified atom stereocenters. The Kier molecular flexibility index (Phi) is 5.91. The van der Waals surface area contributed by atoms with Crippen LogP contribution < -0.4 is 10.1 Å². The van der Waals surface area contributed by atoms with Crippen LogP contribution in [0.1, 0.15) is 36.6 Å². The lowest BCUT2D eigenvalue weighted by Crippen LogP contribution is -2.23. The molecule has 192 valence electrons. The molecular weight excluding hydrogens is 476 g/mol. The molecule has 2 aliphatic rings. The highest BCUT2D eigenvalue weighted by molar-refractivity contribution is 5.95. The first-order chi connectivity index (χ1) is 18.8. The molecule has 4 heterocycles. The highest BCUT2D eigenvalue weighted by Gasteiger charge is 2.23. The summed E-state index contributed by atoms with van der Waals surface area (Å²) in [4.78, 5) is 0. The van der Waals surface area contributed by atoms with Gasteiger partial charge in [-0.25, -0.2) is 9.36 Å². The van der Waals surface area contributed by atoms with Gasteiger partial charge in [-0.05, 0) is 90.9 Å². The van der Waals surface area contributed by atoms with Crippen molar-refractivity contribution in [3.8, 4) is 34.0 Å². The average molecular weight is 507 g/mol. The second-order valence-corrected chi connectivity index (χ2v) is 10.0. The fourth-order valence-corrected chi connectivity index (χ4v) is 5.54. The van der Waals surface area contributed by atoms with Gasteiger partial charge in [0, 0.05) is 18.5 Å². The lowest BCUT2D eigenvalue weighted by atomic mass is 10.0. The third kappa shape index (κ3) is 4.15. The monoisotopic (exact) mass is 506 g/mol. The predicted molar refractivity (Wildman–Crippen MR) is 146 cm³/mol. The van der Waals surface area contributed by atoms with Gasteiger partial charge in [0.15, 0.2) is 6.23 Å². The van der Waals surface area contributed by atoms with Crippen LogP contribution in [0.3, 0.4) is 0 Å². The third-order valence-corrected chi connectivity index (χ3v) is 7.63. The maximum absolute atomic E-state index is 6.13. The van der Waals surface area contributed by atoms with Crippen molar-refractivity contribution in [1.29, 1.82) is 0 Å². The number of fused-ring (bicyclic) bond motifs is 2. The number of hydrogen-bond donors (Lipinski definition) is 1. The summed E-state index contributed by atoms with van der Waals surface area (Å²) in [5.74, 6) is 0.840. The van der Waals surface area contributed by atoms with Gasteiger partial charge in [0.2, 0.25) is 0 Å². The minimum Gasteiger partial charge on any atom is -0.497 e. The van der Waals surface area contributed by atoms with Crippen molar-refractivity contribution in [2.24, 2.45) is 0 Å². The van der Waals surface area contributed by atoms with E-state index in [1.807, 2.05) is 27.7 Å². The maximum atomic E-state index is 6.13. The van der Waals surface area contributed by atoms with E-state index in [1.54, 1.807) is 7.11 Å². The van der Waals surface area contributed by atoms with E-state index in [-0.39, 0.29) is 6.23 Å². The lowest BCUT2D eigenvalue weighted by Gasteiger charge is -2.23. The summed E-state index contributed by atoms with van der Waals surface area (Å²) in [6.45, 7) is 2.67. The largest absolute Gasteiger partial charge is 0.497 e. The smallest absolute Gasteiger partial charge is 0.150 e. The zero-order chi connectivity index (χ0) is 25.5. The van der Waals surface area contributed by atoms with Gasteiger partial charge >= 0.3 is 0 Å². The second kappa shape index (κ2) is 9.70. The van der Waals surface area contributed by atoms with Gasteiger partial charge in [-0.3, -0.25) is 0 Å². The van der Waals surface area contributed by atoms with Crippen molar-refractivity contribution in [1.82, 2.24) is 30.1 Å². The molecule has 1 atom stereocenters. The molecule has 3 aromatic carbocycles. The van der Waals surface area contributed by atoms with Gasteiger partial charge in [0.1, 0.15) is 17.1 Å². The standard InChI is InChI=1S/C30H30N6O2/c1-37-25-10-6-20(7-11-25)22-8-12-28-26(17-22)30(33-36(28)29-4-2-3-15-38-29)27-19-35(34-32-27)24-9-5-21-13-14-31-18-23(21)16-24/h5-12,16-17,19,29,31H,2-4,13-15,18H2,1H3. The fourth-order valence-electron chi connectivity index (χ4n) is 5.54. The van der Waals surface area contributed by atoms with E-state index in [1.165, 1.54) is 11.1 Å². The number of hydrogen-bond acceptors (Lipinski definition) is 6. The summed E-state index contributed by atoms with van der Waals surface area (Å²) < 4.78 is 15.4. The molecule has 8 heteroatoms. The van der Waals surface area contributed by atoms with Crippen LogP contribution in [0.25, 0.3) is 39.1 Å². The summed E-state index contributed by atoms with van der Waals surface area (Å²) >= 11 is 0. The molecule has 38 heavy (non-hydrogen) atoms. The molecule has 8 nitrogen and oxygen atoms in total. The number of ether oxygens (including phenoxy) is 2. The summed E-state index contributed by atoms with van der Waals surface area (Å²) in [5, 5.41) is 18.6. The van der Waals surface area contributed by atoms with Crippen LogP contribution in [0.5, 0.6) is 5.75 Å². The molecule has 2 aliphatic heterocycles. The van der Waals surface area contributed by atoms with Crippen LogP contribution in [0.15, 0.2) is 66.9 Å². The SMILES string of the molecule is COc1ccc(-c2ccc3c(c2)c(-c2cn(-c4ccc5c(c4)CNCC5)nn2)nn3C2CCCCO2)cc1. The normalized spacial score (nSPS) is 17.4. The first-order valence-electron chi connectivity index (χ1n) is 13.3. The minimum absolute atomic E-state index is 0.0740. The maximum Gasteiger partial charge on any atom is 0.150 e. The van der Waals surface area contributed by atoms with Crippen LogP contribution >= 0.6 is 0 Å². The highest BCUT2D eigenvalue weighted by atomic mass is 16.5. The van der Waals surface area contributed by atoms with Gasteiger partial charge in [-0.2, -0.15) is 5.10 Å². The Labute approximate surface area is 221 Å². The molecule has 2 aromatic heterocycles. The first kappa shape index (κ1) is 23.1. The van der Waals surface area contributed by atoms with Crippen molar-refractivity contribution < 1.29 is 9.47 Å². The number of rotatable bonds is 5. The Morgan fingerprint density at radius 1 is 0.974 bits per heavy atom. The molecule has 0 radical (unpaired) electrons. The van der Waals surface area contributed by atoms with Gasteiger partial charge in [-0.1, -0.05) is 29.5 Å². The summed E-state index contributed by atoms with van der Waals surface area (Å²) in [5.41, 5.74) is 8.55. The Bertz CT molecular complexity index is 1600. The summed E-state index contributed by atoms with van der Waals surface area (Å²) in [6, 6.07) is 21.1. The number of methoxy groups -OCH3 is 1. The first-order valence-corrected chi connectivity index (χ1v) is 13.3. The van der Waals surface area contributed by atoms with E-state index in [9.17, 15) is 0 Å². The molecule has 1 saturated heterocycles. The van der Waals surface area contributed by atoms with E-state index in [2.05, 4.69) is 64.2 Å². The third-order valence-electron chi connectivity index (χ3n) is 7.63. The number of nitrogens with zero attached hydrogens (tertiary/aromatic N) is 5. The van der Waals surface area contributed by atoms with E-state index < -0.39 is 0 Å². The van der Waals surface area contributed by atoms with E-state index in [0.717, 1.165) is 90.2 Å². The van der Waals surface area contributed by atoms with Crippen molar-refractivity contribution in [2.75, 3.05) is 20.3 Å². The molecule has 0 aliphatic carbocycles. The molecular formula is C30H30N6O2. The van der Waals surface area contributed by atoms with Crippen molar-refractivity contribution in [2.45, 2.75) is 38.5 Å². The Morgan fingerprint density at radius 2 is 1.87 bits per heavy atom. The number of aromatic nitrogens is 5. The lowest BCUT2D eigenvalue weighted by molar-refractivity contribution is -0.0365. The zero-order valence-corrected chi connectivity index (χ0v) is 21.4. The van der Waals surface area contributed by atoms with Crippen molar-refractivity contribution in [3.63, 3.8) is 0 Å². The predicted octanol–water partition coefficient (Wildman–Crippen LogP) is 5.30. The number of nitrogens with one attached hydrogen (secondary N) is 1. The van der Waals surface area contributed by atoms with Crippen LogP contribution in [0, 0.1) is 0 Å². The van der Waals surface area contributed by atoms with Crippen LogP contribution in [-0.4, -0.2) is 45.0 Å². The van der Waals surface area contributed by atoms with E-state index in [0.29, 0.717) is 0 Å². The van der Waals surface area contributed by atoms with Gasteiger partial charge in [0.05, 0.1) is 24.5 Å². The molecule has 5 aromatic rings. The van der Waals surface area contributed by atoms with E-state index in [4.69, 9.17) is 14.6 Å². The van der Waals surface area contributed by atoms with Crippen LogP contribution in [0.2, 0.25) is 0 Å². The average Bonchev–Trinajstić information content (AvgIpc) is 3.62. The fraction of sp³-hybridized carbons (Fsp3) is 0.300. The molecule has 1 N–H and O–H groups in total. The summed E-state index contributed by atoms with van der Waals surface area (Å²) in [7, 11) is 1.68. The van der Waals surface area contributed by atoms with Crippen LogP contribution in [-0.2, 0) is 17.7 Å². The molecule has 0 amide bonds. The zero-order valence-electron chi connectivity index (χ0n) is 21.4. The second-order valence-electron chi connectivity index (χ2n) is 10.0. The summed E-state index contributed by atoms with van der Waals surface area (Å²) in [6.07, 6.45) is 6.14. The van der Waals surface area contributed by atoms with Crippen molar-refractivity contribution >= 4 is 10.9 Å². The van der Waals surface area contributed by atoms with Gasteiger partial charge in [-0.15, -0.1) is 5.10 Å². The molecule has 0 bridgehead atoms. The van der Waals surface area contributed by atoms with Crippen LogP contribution in [0.4, 0.5) is 0 Å². The molecule has 0 saturated carbocycles. The van der Waals surface area contributed by atoms with E-state index >= 15 is 0 Å². The molecule has 1 fully saturated rings. The van der Waals surface area contributed by atoms with Crippen molar-refractivity contribution in [3.05, 3.63) is 78.0 Å². The topological polar surface area (TPSA) is 79.0 Å². The quantitative estimate of drug-likeness (QED) is 0.348. The molecule has 0 spiro atoms. The Balaban J connectivity index is 1.32. The minimum atomic E-state index is -0.0740. The van der Waals surface area contributed by atoms with Gasteiger partial charge in [0.25, 0.3) is 0 Å².